The Morgan fingerprint density at radius 3 is 2.43 bits per heavy atom. The minimum absolute atomic E-state index is 0.145. The first-order valence-corrected chi connectivity index (χ1v) is 9.45. The van der Waals surface area contributed by atoms with Gasteiger partial charge in [0.1, 0.15) is 0 Å². The molecule has 0 unspecified atom stereocenters. The summed E-state index contributed by atoms with van der Waals surface area (Å²) in [5.74, 6) is 2.93. The summed E-state index contributed by atoms with van der Waals surface area (Å²) in [5, 5.41) is 0. The van der Waals surface area contributed by atoms with E-state index in [9.17, 15) is 4.79 Å². The Labute approximate surface area is 143 Å². The van der Waals surface area contributed by atoms with Gasteiger partial charge in [-0.2, -0.15) is 11.8 Å². The van der Waals surface area contributed by atoms with E-state index in [2.05, 4.69) is 4.90 Å². The standard InChI is InChI=1S/C18H27NO3S/c1-21-17-8-7-15(13-18(17)22-2)16(20)14-23-12-11-19-9-5-3-4-6-10-19/h7-8,13H,3-6,9-12,14H2,1-2H3. The number of hydrogen-bond acceptors (Lipinski definition) is 5. The number of benzene rings is 1. The van der Waals surface area contributed by atoms with Crippen LogP contribution in [0.5, 0.6) is 11.5 Å². The van der Waals surface area contributed by atoms with Crippen LogP contribution in [0.25, 0.3) is 0 Å². The SMILES string of the molecule is COc1ccc(C(=O)CSCCN2CCCCCC2)cc1OC. The van der Waals surface area contributed by atoms with Gasteiger partial charge in [0.05, 0.1) is 20.0 Å². The van der Waals surface area contributed by atoms with Gasteiger partial charge in [0.15, 0.2) is 17.3 Å². The molecule has 5 heteroatoms. The van der Waals surface area contributed by atoms with E-state index in [-0.39, 0.29) is 5.78 Å². The summed E-state index contributed by atoms with van der Waals surface area (Å²) in [6, 6.07) is 5.35. The van der Waals surface area contributed by atoms with Crippen molar-refractivity contribution in [3.8, 4) is 11.5 Å². The van der Waals surface area contributed by atoms with Gasteiger partial charge in [-0.1, -0.05) is 12.8 Å². The molecule has 1 fully saturated rings. The molecule has 1 aliphatic rings. The number of nitrogens with zero attached hydrogens (tertiary/aromatic N) is 1. The fraction of sp³-hybridized carbons (Fsp3) is 0.611. The van der Waals surface area contributed by atoms with Crippen molar-refractivity contribution in [1.82, 2.24) is 4.90 Å². The number of carbonyl (C=O) groups is 1. The first kappa shape index (κ1) is 18.1. The van der Waals surface area contributed by atoms with E-state index in [1.807, 2.05) is 0 Å². The second-order valence-electron chi connectivity index (χ2n) is 5.80. The van der Waals surface area contributed by atoms with Crippen LogP contribution in [0.4, 0.5) is 0 Å². The number of ether oxygens (including phenoxy) is 2. The zero-order chi connectivity index (χ0) is 16.5. The number of carbonyl (C=O) groups excluding carboxylic acids is 1. The van der Waals surface area contributed by atoms with Gasteiger partial charge < -0.3 is 14.4 Å². The Balaban J connectivity index is 1.76. The molecule has 0 aliphatic carbocycles. The topological polar surface area (TPSA) is 38.8 Å². The van der Waals surface area contributed by atoms with Crippen molar-refractivity contribution in [2.75, 3.05) is 45.4 Å². The summed E-state index contributed by atoms with van der Waals surface area (Å²) in [6.07, 6.45) is 5.35. The average molecular weight is 337 g/mol. The van der Waals surface area contributed by atoms with Crippen LogP contribution in [-0.2, 0) is 0 Å². The van der Waals surface area contributed by atoms with Gasteiger partial charge in [-0.3, -0.25) is 4.79 Å². The molecule has 0 radical (unpaired) electrons. The number of thioether (sulfide) groups is 1. The highest BCUT2D eigenvalue weighted by molar-refractivity contribution is 8.00. The van der Waals surface area contributed by atoms with Crippen molar-refractivity contribution in [2.24, 2.45) is 0 Å². The molecule has 23 heavy (non-hydrogen) atoms. The smallest absolute Gasteiger partial charge is 0.172 e. The Morgan fingerprint density at radius 1 is 1.09 bits per heavy atom. The van der Waals surface area contributed by atoms with Crippen LogP contribution in [0.2, 0.25) is 0 Å². The van der Waals surface area contributed by atoms with Crippen LogP contribution in [0.1, 0.15) is 36.0 Å². The van der Waals surface area contributed by atoms with Crippen LogP contribution in [0.3, 0.4) is 0 Å². The van der Waals surface area contributed by atoms with Gasteiger partial charge in [-0.15, -0.1) is 0 Å². The maximum absolute atomic E-state index is 12.3. The van der Waals surface area contributed by atoms with Crippen LogP contribution in [0.15, 0.2) is 18.2 Å². The summed E-state index contributed by atoms with van der Waals surface area (Å²) in [7, 11) is 3.18. The molecule has 1 aliphatic heterocycles. The Bertz CT molecular complexity index is 499. The second-order valence-corrected chi connectivity index (χ2v) is 6.91. The predicted molar refractivity (Wildman–Crippen MR) is 96.1 cm³/mol. The highest BCUT2D eigenvalue weighted by Gasteiger charge is 2.12. The van der Waals surface area contributed by atoms with E-state index in [1.165, 1.54) is 38.8 Å². The maximum Gasteiger partial charge on any atom is 0.172 e. The van der Waals surface area contributed by atoms with Crippen LogP contribution in [-0.4, -0.2) is 56.0 Å². The van der Waals surface area contributed by atoms with Gasteiger partial charge in [-0.25, -0.2) is 0 Å². The first-order valence-electron chi connectivity index (χ1n) is 8.30. The molecule has 0 N–H and O–H groups in total. The van der Waals surface area contributed by atoms with Gasteiger partial charge in [0, 0.05) is 17.9 Å². The normalized spacial score (nSPS) is 15.9. The van der Waals surface area contributed by atoms with Gasteiger partial charge in [0.25, 0.3) is 0 Å². The Morgan fingerprint density at radius 2 is 1.78 bits per heavy atom. The molecule has 0 atom stereocenters. The lowest BCUT2D eigenvalue weighted by Gasteiger charge is -2.19. The van der Waals surface area contributed by atoms with E-state index in [0.29, 0.717) is 22.8 Å². The molecule has 0 bridgehead atoms. The first-order chi connectivity index (χ1) is 11.2. The molecule has 128 valence electrons. The maximum atomic E-state index is 12.3. The summed E-state index contributed by atoms with van der Waals surface area (Å²) in [6.45, 7) is 3.51. The number of rotatable bonds is 8. The highest BCUT2D eigenvalue weighted by atomic mass is 32.2. The van der Waals surface area contributed by atoms with E-state index in [0.717, 1.165) is 12.3 Å². The quantitative estimate of drug-likeness (QED) is 0.536. The van der Waals surface area contributed by atoms with E-state index >= 15 is 0 Å². The lowest BCUT2D eigenvalue weighted by molar-refractivity contribution is 0.102. The van der Waals surface area contributed by atoms with E-state index in [4.69, 9.17) is 9.47 Å². The Hall–Kier alpha value is -1.20. The number of ketones is 1. The summed E-state index contributed by atoms with van der Waals surface area (Å²) in [4.78, 5) is 14.8. The molecular formula is C18H27NO3S. The van der Waals surface area contributed by atoms with Crippen molar-refractivity contribution >= 4 is 17.5 Å². The molecule has 0 saturated carbocycles. The average Bonchev–Trinajstić information content (AvgIpc) is 2.86. The molecular weight excluding hydrogens is 310 g/mol. The third-order valence-corrected chi connectivity index (χ3v) is 5.13. The van der Waals surface area contributed by atoms with Crippen molar-refractivity contribution in [1.29, 1.82) is 0 Å². The summed E-state index contributed by atoms with van der Waals surface area (Å²) < 4.78 is 10.5. The number of methoxy groups -OCH3 is 2. The van der Waals surface area contributed by atoms with Crippen LogP contribution in [0, 0.1) is 0 Å². The molecule has 1 saturated heterocycles. The van der Waals surface area contributed by atoms with Crippen molar-refractivity contribution < 1.29 is 14.3 Å². The van der Waals surface area contributed by atoms with Crippen molar-refractivity contribution in [3.05, 3.63) is 23.8 Å². The van der Waals surface area contributed by atoms with Crippen molar-refractivity contribution in [2.45, 2.75) is 25.7 Å². The number of hydrogen-bond donors (Lipinski definition) is 0. The lowest BCUT2D eigenvalue weighted by Crippen LogP contribution is -2.27. The monoisotopic (exact) mass is 337 g/mol. The molecule has 2 rings (SSSR count). The van der Waals surface area contributed by atoms with Gasteiger partial charge in [0.2, 0.25) is 0 Å². The van der Waals surface area contributed by atoms with Crippen LogP contribution < -0.4 is 9.47 Å². The minimum atomic E-state index is 0.145. The Kier molecular flexibility index (Phi) is 7.76. The summed E-state index contributed by atoms with van der Waals surface area (Å²) >= 11 is 1.72. The van der Waals surface area contributed by atoms with E-state index < -0.39 is 0 Å². The van der Waals surface area contributed by atoms with Crippen LogP contribution >= 0.6 is 11.8 Å². The molecule has 1 aromatic rings. The fourth-order valence-electron chi connectivity index (χ4n) is 2.81. The molecule has 1 heterocycles. The molecule has 4 nitrogen and oxygen atoms in total. The molecule has 0 spiro atoms. The van der Waals surface area contributed by atoms with Gasteiger partial charge >= 0.3 is 0 Å². The fourth-order valence-corrected chi connectivity index (χ4v) is 3.69. The zero-order valence-corrected chi connectivity index (χ0v) is 15.0. The lowest BCUT2D eigenvalue weighted by atomic mass is 10.1. The predicted octanol–water partition coefficient (Wildman–Crippen LogP) is 3.50. The molecule has 0 aromatic heterocycles. The molecule has 0 amide bonds. The zero-order valence-electron chi connectivity index (χ0n) is 14.2. The third-order valence-electron chi connectivity index (χ3n) is 4.19. The second kappa shape index (κ2) is 9.83. The summed E-state index contributed by atoms with van der Waals surface area (Å²) in [5.41, 5.74) is 0.685. The minimum Gasteiger partial charge on any atom is -0.493 e. The number of Topliss-reactive ketones (excluding diaryl/α,β-unsaturated/α-hetero) is 1. The number of likely N-dealkylation sites (tertiary alicyclic amines) is 1. The highest BCUT2D eigenvalue weighted by Crippen LogP contribution is 2.28. The largest absolute Gasteiger partial charge is 0.493 e. The molecule has 1 aromatic carbocycles. The van der Waals surface area contributed by atoms with Crippen molar-refractivity contribution in [3.63, 3.8) is 0 Å². The third kappa shape index (κ3) is 5.74. The van der Waals surface area contributed by atoms with E-state index in [1.54, 1.807) is 44.2 Å². The van der Waals surface area contributed by atoms with Gasteiger partial charge in [-0.05, 0) is 44.1 Å².